The number of aliphatic hydroxyl groups excluding tert-OH is 1. The quantitative estimate of drug-likeness (QED) is 0.196. The van der Waals surface area contributed by atoms with Crippen LogP contribution in [-0.4, -0.2) is 63.9 Å². The molecule has 0 fully saturated rings. The molecule has 0 saturated carbocycles. The zero-order valence-corrected chi connectivity index (χ0v) is 25.0. The number of para-hydroxylation sites is 1. The number of benzene rings is 2. The van der Waals surface area contributed by atoms with Crippen LogP contribution in [0.3, 0.4) is 0 Å². The molecule has 11 heteroatoms. The van der Waals surface area contributed by atoms with E-state index in [-0.39, 0.29) is 42.6 Å². The number of methoxy groups -OCH3 is 1. The number of carbonyl (C=O) groups is 1. The zero-order chi connectivity index (χ0) is 29.1. The largest absolute Gasteiger partial charge is 0.490 e. The summed E-state index contributed by atoms with van der Waals surface area (Å²) in [5.74, 6) is 0.549. The van der Waals surface area contributed by atoms with Crippen molar-refractivity contribution in [1.82, 2.24) is 20.0 Å². The minimum atomic E-state index is -2.67. The maximum Gasteiger partial charge on any atom is 0.228 e. The third kappa shape index (κ3) is 6.38. The molecule has 0 aliphatic carbocycles. The van der Waals surface area contributed by atoms with Gasteiger partial charge in [0.15, 0.2) is 8.32 Å². The van der Waals surface area contributed by atoms with E-state index in [2.05, 4.69) is 27.5 Å². The minimum Gasteiger partial charge on any atom is -0.490 e. The Bertz CT molecular complexity index is 1500. The summed E-state index contributed by atoms with van der Waals surface area (Å²) in [6, 6.07) is 13.6. The van der Waals surface area contributed by atoms with Crippen molar-refractivity contribution in [3.8, 4) is 5.75 Å². The van der Waals surface area contributed by atoms with Gasteiger partial charge in [-0.2, -0.15) is 0 Å². The number of rotatable bonds is 11. The number of amides is 1. The fourth-order valence-corrected chi connectivity index (χ4v) is 7.99. The van der Waals surface area contributed by atoms with Gasteiger partial charge in [0, 0.05) is 72.7 Å². The molecule has 1 amide bonds. The number of aromatic amines is 1. The van der Waals surface area contributed by atoms with Crippen LogP contribution in [-0.2, 0) is 28.9 Å². The molecule has 4 aromatic rings. The number of hydrogen-bond donors (Lipinski definition) is 4. The van der Waals surface area contributed by atoms with Crippen molar-refractivity contribution >= 4 is 30.8 Å². The van der Waals surface area contributed by atoms with Gasteiger partial charge in [-0.25, -0.2) is 0 Å². The molecule has 0 spiro atoms. The van der Waals surface area contributed by atoms with Gasteiger partial charge in [0.1, 0.15) is 11.9 Å². The first-order valence-electron chi connectivity index (χ1n) is 14.1. The van der Waals surface area contributed by atoms with E-state index in [1.807, 2.05) is 68.0 Å². The van der Waals surface area contributed by atoms with E-state index in [0.717, 1.165) is 27.7 Å². The number of H-pyrrole nitrogens is 1. The van der Waals surface area contributed by atoms with Crippen LogP contribution in [0.25, 0.3) is 10.9 Å². The lowest BCUT2D eigenvalue weighted by atomic mass is 9.86. The lowest BCUT2D eigenvalue weighted by molar-refractivity contribution is -0.115. The molecule has 1 aliphatic rings. The lowest BCUT2D eigenvalue weighted by Crippen LogP contribution is -2.48. The lowest BCUT2D eigenvalue weighted by Gasteiger charge is -2.43. The molecular formula is C30H39N5O5Si. The monoisotopic (exact) mass is 577 g/mol. The van der Waals surface area contributed by atoms with E-state index < -0.39 is 8.32 Å². The average molecular weight is 578 g/mol. The summed E-state index contributed by atoms with van der Waals surface area (Å²) in [5.41, 5.74) is 4.16. The molecular weight excluding hydrogens is 538 g/mol. The van der Waals surface area contributed by atoms with Gasteiger partial charge < -0.3 is 29.7 Å². The predicted molar refractivity (Wildman–Crippen MR) is 159 cm³/mol. The summed E-state index contributed by atoms with van der Waals surface area (Å²) >= 11 is 0. The van der Waals surface area contributed by atoms with Gasteiger partial charge in [0.05, 0.1) is 18.2 Å². The topological polar surface area (TPSA) is 135 Å². The van der Waals surface area contributed by atoms with Crippen LogP contribution in [0.15, 0.2) is 54.9 Å². The second-order valence-corrected chi connectivity index (χ2v) is 15.5. The number of carbonyl (C=O) groups excluding carboxylic acids is 1. The Balaban J connectivity index is 1.31. The van der Waals surface area contributed by atoms with Crippen LogP contribution in [0.2, 0.25) is 18.6 Å². The van der Waals surface area contributed by atoms with E-state index in [4.69, 9.17) is 9.47 Å². The molecule has 5 rings (SSSR count). The normalized spacial score (nSPS) is 19.5. The third-order valence-corrected chi connectivity index (χ3v) is 10.5. The first-order valence-corrected chi connectivity index (χ1v) is 17.1. The SMILES string of the molecule is CO[C@@H]1c2cc(NC(=O)Cc3c[nH]c4ccccc34)ccc2O[C@H](C(CCn2cc(CCO)nn2)[Si](C)(C)O)[C@H]1C. The number of nitrogens with one attached hydrogen (secondary N) is 2. The molecule has 0 saturated heterocycles. The first-order chi connectivity index (χ1) is 19.7. The molecule has 2 aromatic carbocycles. The Hall–Kier alpha value is -3.51. The van der Waals surface area contributed by atoms with E-state index in [9.17, 15) is 14.7 Å². The van der Waals surface area contributed by atoms with Gasteiger partial charge in [0.25, 0.3) is 0 Å². The highest BCUT2D eigenvalue weighted by Gasteiger charge is 2.46. The van der Waals surface area contributed by atoms with Gasteiger partial charge in [-0.15, -0.1) is 5.10 Å². The Morgan fingerprint density at radius 2 is 2.07 bits per heavy atom. The molecule has 0 radical (unpaired) electrons. The second kappa shape index (κ2) is 12.2. The van der Waals surface area contributed by atoms with Crippen molar-refractivity contribution in [3.05, 3.63) is 71.7 Å². The average Bonchev–Trinajstić information content (AvgIpc) is 3.55. The van der Waals surface area contributed by atoms with Crippen LogP contribution in [0.1, 0.15) is 36.3 Å². The minimum absolute atomic E-state index is 0.0264. The van der Waals surface area contributed by atoms with Crippen LogP contribution >= 0.6 is 0 Å². The fourth-order valence-electron chi connectivity index (χ4n) is 5.98. The van der Waals surface area contributed by atoms with Gasteiger partial charge in [-0.3, -0.25) is 9.48 Å². The Morgan fingerprint density at radius 1 is 1.27 bits per heavy atom. The zero-order valence-electron chi connectivity index (χ0n) is 24.0. The Kier molecular flexibility index (Phi) is 8.60. The van der Waals surface area contributed by atoms with Gasteiger partial charge in [0.2, 0.25) is 5.91 Å². The van der Waals surface area contributed by atoms with Gasteiger partial charge in [-0.05, 0) is 49.3 Å². The summed E-state index contributed by atoms with van der Waals surface area (Å²) < 4.78 is 14.3. The molecule has 218 valence electrons. The van der Waals surface area contributed by atoms with Gasteiger partial charge >= 0.3 is 0 Å². The summed E-state index contributed by atoms with van der Waals surface area (Å²) in [6.45, 7) is 6.58. The summed E-state index contributed by atoms with van der Waals surface area (Å²) in [5, 5.41) is 21.5. The summed E-state index contributed by atoms with van der Waals surface area (Å²) in [6.07, 6.45) is 4.58. The molecule has 1 aliphatic heterocycles. The highest BCUT2D eigenvalue weighted by molar-refractivity contribution is 6.71. The molecule has 3 heterocycles. The Morgan fingerprint density at radius 3 is 2.83 bits per heavy atom. The van der Waals surface area contributed by atoms with Crippen molar-refractivity contribution in [3.63, 3.8) is 0 Å². The van der Waals surface area contributed by atoms with Crippen molar-refractivity contribution in [2.24, 2.45) is 5.92 Å². The van der Waals surface area contributed by atoms with Crippen molar-refractivity contribution < 1.29 is 24.2 Å². The number of anilines is 1. The molecule has 41 heavy (non-hydrogen) atoms. The van der Waals surface area contributed by atoms with E-state index in [0.29, 0.717) is 30.8 Å². The smallest absolute Gasteiger partial charge is 0.228 e. The van der Waals surface area contributed by atoms with Crippen molar-refractivity contribution in [2.75, 3.05) is 19.0 Å². The molecule has 2 aromatic heterocycles. The maximum absolute atomic E-state index is 13.0. The summed E-state index contributed by atoms with van der Waals surface area (Å²) in [7, 11) is -0.982. The van der Waals surface area contributed by atoms with E-state index >= 15 is 0 Å². The number of aliphatic hydroxyl groups is 1. The molecule has 10 nitrogen and oxygen atoms in total. The third-order valence-electron chi connectivity index (χ3n) is 8.07. The molecule has 1 unspecified atom stereocenters. The molecule has 0 bridgehead atoms. The van der Waals surface area contributed by atoms with E-state index in [1.165, 1.54) is 0 Å². The number of aromatic nitrogens is 4. The van der Waals surface area contributed by atoms with Gasteiger partial charge in [-0.1, -0.05) is 30.3 Å². The number of nitrogens with zero attached hydrogens (tertiary/aromatic N) is 3. The Labute approximate surface area is 240 Å². The summed E-state index contributed by atoms with van der Waals surface area (Å²) in [4.78, 5) is 27.5. The second-order valence-electron chi connectivity index (χ2n) is 11.4. The van der Waals surface area contributed by atoms with Crippen molar-refractivity contribution in [2.45, 2.75) is 63.6 Å². The number of hydrogen-bond acceptors (Lipinski definition) is 7. The maximum atomic E-state index is 13.0. The highest BCUT2D eigenvalue weighted by Crippen LogP contribution is 2.47. The number of fused-ring (bicyclic) bond motifs is 2. The fraction of sp³-hybridized carbons (Fsp3) is 0.433. The van der Waals surface area contributed by atoms with Crippen molar-refractivity contribution in [1.29, 1.82) is 0 Å². The predicted octanol–water partition coefficient (Wildman–Crippen LogP) is 4.22. The van der Waals surface area contributed by atoms with E-state index in [1.54, 1.807) is 11.8 Å². The number of aryl methyl sites for hydroxylation is 1. The number of ether oxygens (including phenoxy) is 2. The standard InChI is InChI=1S/C30H39N5O5Si/c1-19-29(39-2)24-16-21(32-28(37)15-20-17-31-25-8-6-5-7-23(20)25)9-10-26(24)40-30(19)27(41(3,4)38)11-13-35-18-22(12-14-36)33-34-35/h5-10,16-19,27,29-31,36,38H,11-15H2,1-4H3,(H,32,37)/t19-,27?,29-,30-/m0/s1. The van der Waals surface area contributed by atoms with Crippen LogP contribution < -0.4 is 10.1 Å². The highest BCUT2D eigenvalue weighted by atomic mass is 28.4. The van der Waals surface area contributed by atoms with Crippen LogP contribution in [0, 0.1) is 5.92 Å². The molecule has 4 N–H and O–H groups in total. The van der Waals surface area contributed by atoms with Crippen LogP contribution in [0.4, 0.5) is 5.69 Å². The molecule has 4 atom stereocenters. The van der Waals surface area contributed by atoms with Crippen LogP contribution in [0.5, 0.6) is 5.75 Å². The first kappa shape index (κ1) is 29.0.